The van der Waals surface area contributed by atoms with Gasteiger partial charge in [0.05, 0.1) is 19.8 Å². The van der Waals surface area contributed by atoms with Gasteiger partial charge in [0.2, 0.25) is 5.91 Å². The summed E-state index contributed by atoms with van der Waals surface area (Å²) in [4.78, 5) is 21.8. The molecule has 7 nitrogen and oxygen atoms in total. The van der Waals surface area contributed by atoms with Crippen molar-refractivity contribution in [2.75, 3.05) is 27.3 Å². The molecule has 1 aliphatic heterocycles. The van der Waals surface area contributed by atoms with E-state index in [2.05, 4.69) is 31.3 Å². The number of piperidine rings is 1. The van der Waals surface area contributed by atoms with E-state index in [1.54, 1.807) is 14.2 Å². The summed E-state index contributed by atoms with van der Waals surface area (Å²) in [5.41, 5.74) is 9.29. The Hall–Kier alpha value is -3.58. The van der Waals surface area contributed by atoms with Gasteiger partial charge in [-0.2, -0.15) is 0 Å². The van der Waals surface area contributed by atoms with Gasteiger partial charge in [-0.25, -0.2) is 0 Å². The van der Waals surface area contributed by atoms with Gasteiger partial charge in [0, 0.05) is 12.3 Å². The summed E-state index contributed by atoms with van der Waals surface area (Å²) in [6, 6.07) is 16.1. The first-order valence-corrected chi connectivity index (χ1v) is 12.8. The number of methoxy groups -OCH3 is 2. The molecule has 3 aromatic rings. The van der Waals surface area contributed by atoms with E-state index in [1.807, 2.05) is 36.4 Å². The number of aryl methyl sites for hydroxylation is 2. The Morgan fingerprint density at radius 3 is 2.35 bits per heavy atom. The Kier molecular flexibility index (Phi) is 9.92. The van der Waals surface area contributed by atoms with Crippen LogP contribution in [0.2, 0.25) is 0 Å². The van der Waals surface area contributed by atoms with Crippen molar-refractivity contribution >= 4 is 22.6 Å². The van der Waals surface area contributed by atoms with Gasteiger partial charge in [0.25, 0.3) is 0 Å². The number of aliphatic carboxylic acids is 1. The first-order valence-electron chi connectivity index (χ1n) is 12.8. The van der Waals surface area contributed by atoms with Gasteiger partial charge >= 0.3 is 5.97 Å². The minimum absolute atomic E-state index is 0.0984. The largest absolute Gasteiger partial charge is 0.496 e. The second-order valence-electron chi connectivity index (χ2n) is 9.38. The molecular formula is C30H38N2O5. The lowest BCUT2D eigenvalue weighted by molar-refractivity contribution is -0.137. The summed E-state index contributed by atoms with van der Waals surface area (Å²) in [5, 5.41) is 14.4. The molecule has 0 aliphatic carbocycles. The molecule has 1 amide bonds. The number of fused-ring (bicyclic) bond motifs is 1. The lowest BCUT2D eigenvalue weighted by Crippen LogP contribution is -2.41. The molecule has 1 heterocycles. The van der Waals surface area contributed by atoms with Crippen molar-refractivity contribution in [1.82, 2.24) is 5.32 Å². The maximum absolute atomic E-state index is 11.0. The van der Waals surface area contributed by atoms with Gasteiger partial charge in [-0.3, -0.25) is 9.59 Å². The average molecular weight is 507 g/mol. The SMILES string of the molecule is CC1CNCCC1C(N)=O.CCc1ccc(OC)c(-c2cccc3c(CCC(=O)O)cccc23)c1OC. The van der Waals surface area contributed by atoms with Gasteiger partial charge in [0.15, 0.2) is 0 Å². The van der Waals surface area contributed by atoms with Gasteiger partial charge in [-0.15, -0.1) is 0 Å². The third-order valence-electron chi connectivity index (χ3n) is 7.05. The Morgan fingerprint density at radius 2 is 1.76 bits per heavy atom. The zero-order chi connectivity index (χ0) is 26.9. The molecule has 1 aliphatic rings. The third-order valence-corrected chi connectivity index (χ3v) is 7.05. The highest BCUT2D eigenvalue weighted by atomic mass is 16.5. The van der Waals surface area contributed by atoms with Crippen molar-refractivity contribution in [3.63, 3.8) is 0 Å². The number of nitrogens with one attached hydrogen (secondary N) is 1. The number of nitrogens with two attached hydrogens (primary N) is 1. The van der Waals surface area contributed by atoms with Gasteiger partial charge in [0.1, 0.15) is 11.5 Å². The van der Waals surface area contributed by atoms with Gasteiger partial charge < -0.3 is 25.6 Å². The van der Waals surface area contributed by atoms with E-state index < -0.39 is 5.97 Å². The van der Waals surface area contributed by atoms with E-state index in [9.17, 15) is 9.59 Å². The number of carboxylic acids is 1. The Labute approximate surface area is 219 Å². The zero-order valence-corrected chi connectivity index (χ0v) is 22.2. The minimum atomic E-state index is -0.790. The van der Waals surface area contributed by atoms with Crippen LogP contribution in [0.1, 0.15) is 37.8 Å². The molecule has 198 valence electrons. The molecule has 0 spiro atoms. The number of ether oxygens (including phenoxy) is 2. The fourth-order valence-electron chi connectivity index (χ4n) is 5.03. The van der Waals surface area contributed by atoms with Crippen LogP contribution in [0, 0.1) is 11.8 Å². The zero-order valence-electron chi connectivity index (χ0n) is 22.2. The maximum Gasteiger partial charge on any atom is 0.303 e. The van der Waals surface area contributed by atoms with Gasteiger partial charge in [-0.1, -0.05) is 56.3 Å². The van der Waals surface area contributed by atoms with Crippen molar-refractivity contribution in [3.05, 3.63) is 59.7 Å². The first-order chi connectivity index (χ1) is 17.8. The number of carbonyl (C=O) groups is 2. The summed E-state index contributed by atoms with van der Waals surface area (Å²) >= 11 is 0. The second-order valence-corrected chi connectivity index (χ2v) is 9.38. The standard InChI is InChI=1S/C23H24O4.C7H14N2O/c1-4-15-11-13-20(26-2)22(23(15)27-3)19-10-6-8-17-16(12-14-21(24)25)7-5-9-18(17)19;1-5-4-9-3-2-6(5)7(8)10/h5-11,13H,4,12,14H2,1-3H3,(H,24,25);5-6,9H,2-4H2,1H3,(H2,8,10). The number of hydrogen-bond acceptors (Lipinski definition) is 5. The molecule has 7 heteroatoms. The highest BCUT2D eigenvalue weighted by Crippen LogP contribution is 2.44. The van der Waals surface area contributed by atoms with Crippen LogP contribution in [-0.2, 0) is 22.4 Å². The van der Waals surface area contributed by atoms with Crippen molar-refractivity contribution in [2.45, 2.75) is 39.5 Å². The molecule has 3 aromatic carbocycles. The molecule has 1 saturated heterocycles. The normalized spacial score (nSPS) is 17.0. The summed E-state index contributed by atoms with van der Waals surface area (Å²) in [6.07, 6.45) is 2.37. The highest BCUT2D eigenvalue weighted by molar-refractivity contribution is 6.01. The number of carbonyl (C=O) groups excluding carboxylic acids is 1. The van der Waals surface area contributed by atoms with E-state index in [-0.39, 0.29) is 18.2 Å². The van der Waals surface area contributed by atoms with Crippen LogP contribution in [0.15, 0.2) is 48.5 Å². The molecule has 2 unspecified atom stereocenters. The molecular weight excluding hydrogens is 468 g/mol. The summed E-state index contributed by atoms with van der Waals surface area (Å²) in [7, 11) is 3.34. The summed E-state index contributed by atoms with van der Waals surface area (Å²) < 4.78 is 11.4. The van der Waals surface area contributed by atoms with Gasteiger partial charge in [-0.05, 0) is 71.8 Å². The van der Waals surface area contributed by atoms with Crippen molar-refractivity contribution in [2.24, 2.45) is 17.6 Å². The minimum Gasteiger partial charge on any atom is -0.496 e. The van der Waals surface area contributed by atoms with Crippen LogP contribution in [0.4, 0.5) is 0 Å². The van der Waals surface area contributed by atoms with Crippen LogP contribution < -0.4 is 20.5 Å². The Balaban J connectivity index is 0.000000319. The van der Waals surface area contributed by atoms with Crippen LogP contribution in [0.25, 0.3) is 21.9 Å². The predicted molar refractivity (Wildman–Crippen MR) is 147 cm³/mol. The van der Waals surface area contributed by atoms with E-state index in [0.717, 1.165) is 70.5 Å². The molecule has 4 N–H and O–H groups in total. The van der Waals surface area contributed by atoms with Crippen LogP contribution in [0.5, 0.6) is 11.5 Å². The number of benzene rings is 3. The smallest absolute Gasteiger partial charge is 0.303 e. The number of carboxylic acid groups (broad SMARTS) is 1. The van der Waals surface area contributed by atoms with Crippen molar-refractivity contribution < 1.29 is 24.2 Å². The number of primary amides is 1. The van der Waals surface area contributed by atoms with E-state index in [1.165, 1.54) is 0 Å². The van der Waals surface area contributed by atoms with Crippen LogP contribution >= 0.6 is 0 Å². The molecule has 4 rings (SSSR count). The first kappa shape index (κ1) is 28.0. The molecule has 0 saturated carbocycles. The van der Waals surface area contributed by atoms with E-state index in [0.29, 0.717) is 12.3 Å². The molecule has 0 bridgehead atoms. The quantitative estimate of drug-likeness (QED) is 0.404. The lowest BCUT2D eigenvalue weighted by Gasteiger charge is -2.26. The molecule has 37 heavy (non-hydrogen) atoms. The summed E-state index contributed by atoms with van der Waals surface area (Å²) in [5.74, 6) is 1.15. The fraction of sp³-hybridized carbons (Fsp3) is 0.400. The molecule has 1 fully saturated rings. The maximum atomic E-state index is 11.0. The average Bonchev–Trinajstić information content (AvgIpc) is 2.91. The van der Waals surface area contributed by atoms with Crippen LogP contribution in [0.3, 0.4) is 0 Å². The van der Waals surface area contributed by atoms with E-state index in [4.69, 9.17) is 20.3 Å². The number of hydrogen-bond donors (Lipinski definition) is 3. The Bertz CT molecular complexity index is 1240. The third kappa shape index (κ3) is 6.60. The fourth-order valence-corrected chi connectivity index (χ4v) is 5.03. The Morgan fingerprint density at radius 1 is 1.03 bits per heavy atom. The monoisotopic (exact) mass is 506 g/mol. The molecule has 0 radical (unpaired) electrons. The predicted octanol–water partition coefficient (Wildman–Crippen LogP) is 4.82. The second kappa shape index (κ2) is 13.1. The molecule has 2 atom stereocenters. The number of rotatable bonds is 8. The van der Waals surface area contributed by atoms with Crippen molar-refractivity contribution in [3.8, 4) is 22.6 Å². The highest BCUT2D eigenvalue weighted by Gasteiger charge is 2.25. The number of amides is 1. The summed E-state index contributed by atoms with van der Waals surface area (Å²) in [6.45, 7) is 6.01. The lowest BCUT2D eigenvalue weighted by atomic mass is 9.87. The molecule has 0 aromatic heterocycles. The van der Waals surface area contributed by atoms with E-state index >= 15 is 0 Å². The topological polar surface area (TPSA) is 111 Å². The van der Waals surface area contributed by atoms with Crippen molar-refractivity contribution in [1.29, 1.82) is 0 Å². The van der Waals surface area contributed by atoms with Crippen LogP contribution in [-0.4, -0.2) is 44.3 Å².